The molecule has 0 amide bonds. The van der Waals surface area contributed by atoms with Gasteiger partial charge in [0, 0.05) is 5.92 Å². The van der Waals surface area contributed by atoms with Gasteiger partial charge in [-0.1, -0.05) is 86.8 Å². The first-order valence-electron chi connectivity index (χ1n) is 7.01. The minimum absolute atomic E-state index is 0.555. The molecule has 2 rings (SSSR count). The van der Waals surface area contributed by atoms with Crippen LogP contribution in [0.4, 0.5) is 0 Å². The van der Waals surface area contributed by atoms with Gasteiger partial charge in [0.25, 0.3) is 0 Å². The van der Waals surface area contributed by atoms with E-state index in [0.29, 0.717) is 5.92 Å². The van der Waals surface area contributed by atoms with Crippen molar-refractivity contribution in [3.8, 4) is 0 Å². The fraction of sp³-hybridized carbons (Fsp3) is 0.333. The maximum Gasteiger partial charge on any atom is 0.00893 e. The summed E-state index contributed by atoms with van der Waals surface area (Å²) >= 11 is 0. The molecule has 0 nitrogen and oxygen atoms in total. The lowest BCUT2D eigenvalue weighted by Crippen LogP contribution is -2.01. The zero-order valence-corrected chi connectivity index (χ0v) is 11.2. The van der Waals surface area contributed by atoms with E-state index < -0.39 is 0 Å². The Hall–Kier alpha value is -1.56. The molecule has 0 saturated carbocycles. The van der Waals surface area contributed by atoms with Crippen molar-refractivity contribution in [2.75, 3.05) is 0 Å². The van der Waals surface area contributed by atoms with Gasteiger partial charge in [-0.2, -0.15) is 0 Å². The van der Waals surface area contributed by atoms with Gasteiger partial charge in [-0.05, 0) is 17.5 Å². The van der Waals surface area contributed by atoms with Crippen LogP contribution in [0.25, 0.3) is 0 Å². The molecule has 2 aromatic carbocycles. The van der Waals surface area contributed by atoms with E-state index in [1.807, 2.05) is 0 Å². The molecule has 0 aliphatic rings. The molecular formula is C18H22. The van der Waals surface area contributed by atoms with E-state index in [2.05, 4.69) is 67.6 Å². The van der Waals surface area contributed by atoms with Crippen LogP contribution in [-0.2, 0) is 0 Å². The highest BCUT2D eigenvalue weighted by Crippen LogP contribution is 2.29. The lowest BCUT2D eigenvalue weighted by atomic mass is 9.87. The molecule has 0 spiro atoms. The Labute approximate surface area is 111 Å². The molecule has 0 aliphatic carbocycles. The Morgan fingerprint density at radius 2 is 1.22 bits per heavy atom. The van der Waals surface area contributed by atoms with E-state index in [0.717, 1.165) is 0 Å². The van der Waals surface area contributed by atoms with E-state index in [-0.39, 0.29) is 0 Å². The van der Waals surface area contributed by atoms with Crippen molar-refractivity contribution >= 4 is 0 Å². The van der Waals surface area contributed by atoms with Gasteiger partial charge in [-0.25, -0.2) is 0 Å². The van der Waals surface area contributed by atoms with Crippen molar-refractivity contribution < 1.29 is 0 Å². The Balaban J connectivity index is 2.18. The number of hydrogen-bond donors (Lipinski definition) is 0. The average Bonchev–Trinajstić information content (AvgIpc) is 2.46. The van der Waals surface area contributed by atoms with Crippen LogP contribution in [-0.4, -0.2) is 0 Å². The largest absolute Gasteiger partial charge is 0.0654 e. The fourth-order valence-electron chi connectivity index (χ4n) is 2.49. The molecule has 18 heavy (non-hydrogen) atoms. The molecule has 0 unspecified atom stereocenters. The highest BCUT2D eigenvalue weighted by molar-refractivity contribution is 5.32. The van der Waals surface area contributed by atoms with Crippen molar-refractivity contribution in [1.29, 1.82) is 0 Å². The van der Waals surface area contributed by atoms with Crippen molar-refractivity contribution in [3.05, 3.63) is 71.8 Å². The summed E-state index contributed by atoms with van der Waals surface area (Å²) < 4.78 is 0. The summed E-state index contributed by atoms with van der Waals surface area (Å²) in [6, 6.07) is 21.8. The number of rotatable bonds is 6. The van der Waals surface area contributed by atoms with Crippen LogP contribution in [0.2, 0.25) is 0 Å². The first-order chi connectivity index (χ1) is 8.92. The lowest BCUT2D eigenvalue weighted by Gasteiger charge is -2.18. The molecule has 0 aliphatic heterocycles. The Morgan fingerprint density at radius 1 is 0.722 bits per heavy atom. The third-order valence-corrected chi connectivity index (χ3v) is 3.50. The highest BCUT2D eigenvalue weighted by Gasteiger charge is 2.12. The summed E-state index contributed by atoms with van der Waals surface area (Å²) in [6.45, 7) is 2.26. The Morgan fingerprint density at radius 3 is 1.67 bits per heavy atom. The molecule has 0 heteroatoms. The second kappa shape index (κ2) is 7.00. The van der Waals surface area contributed by atoms with E-state index in [1.165, 1.54) is 36.8 Å². The van der Waals surface area contributed by atoms with Crippen LogP contribution >= 0.6 is 0 Å². The zero-order chi connectivity index (χ0) is 12.6. The van der Waals surface area contributed by atoms with Crippen molar-refractivity contribution in [2.24, 2.45) is 0 Å². The topological polar surface area (TPSA) is 0 Å². The van der Waals surface area contributed by atoms with Crippen LogP contribution in [0, 0.1) is 0 Å². The SMILES string of the molecule is CCCCCC(c1ccccc1)c1ccccc1. The number of hydrogen-bond acceptors (Lipinski definition) is 0. The predicted molar refractivity (Wildman–Crippen MR) is 78.9 cm³/mol. The van der Waals surface area contributed by atoms with E-state index in [1.54, 1.807) is 0 Å². The molecule has 0 saturated heterocycles. The smallest absolute Gasteiger partial charge is 0.00893 e. The van der Waals surface area contributed by atoms with Crippen molar-refractivity contribution in [1.82, 2.24) is 0 Å². The molecule has 0 radical (unpaired) electrons. The Bertz CT molecular complexity index is 391. The second-order valence-electron chi connectivity index (χ2n) is 4.87. The number of benzene rings is 2. The van der Waals surface area contributed by atoms with E-state index in [4.69, 9.17) is 0 Å². The summed E-state index contributed by atoms with van der Waals surface area (Å²) in [5, 5.41) is 0. The standard InChI is InChI=1S/C18H22/c1-2-3-6-15-18(16-11-7-4-8-12-16)17-13-9-5-10-14-17/h4-5,7-14,18H,2-3,6,15H2,1H3. The normalized spacial score (nSPS) is 10.8. The summed E-state index contributed by atoms with van der Waals surface area (Å²) in [6.07, 6.45) is 5.18. The van der Waals surface area contributed by atoms with E-state index in [9.17, 15) is 0 Å². The number of unbranched alkanes of at least 4 members (excludes halogenated alkanes) is 2. The maximum absolute atomic E-state index is 2.26. The molecule has 0 fully saturated rings. The quantitative estimate of drug-likeness (QED) is 0.591. The highest BCUT2D eigenvalue weighted by atomic mass is 14.2. The van der Waals surface area contributed by atoms with Gasteiger partial charge in [-0.3, -0.25) is 0 Å². The van der Waals surface area contributed by atoms with Crippen molar-refractivity contribution in [2.45, 2.75) is 38.5 Å². The molecular weight excluding hydrogens is 216 g/mol. The van der Waals surface area contributed by atoms with Crippen LogP contribution < -0.4 is 0 Å². The summed E-state index contributed by atoms with van der Waals surface area (Å²) in [4.78, 5) is 0. The first-order valence-corrected chi connectivity index (χ1v) is 7.01. The van der Waals surface area contributed by atoms with Gasteiger partial charge >= 0.3 is 0 Å². The predicted octanol–water partition coefficient (Wildman–Crippen LogP) is 5.40. The molecule has 94 valence electrons. The van der Waals surface area contributed by atoms with E-state index >= 15 is 0 Å². The average molecular weight is 238 g/mol. The fourth-order valence-corrected chi connectivity index (χ4v) is 2.49. The molecule has 0 N–H and O–H groups in total. The lowest BCUT2D eigenvalue weighted by molar-refractivity contribution is 0.618. The minimum Gasteiger partial charge on any atom is -0.0654 e. The van der Waals surface area contributed by atoms with Crippen molar-refractivity contribution in [3.63, 3.8) is 0 Å². The Kier molecular flexibility index (Phi) is 5.01. The third kappa shape index (κ3) is 3.46. The molecule has 0 aromatic heterocycles. The van der Waals surface area contributed by atoms with Crippen LogP contribution in [0.15, 0.2) is 60.7 Å². The zero-order valence-electron chi connectivity index (χ0n) is 11.2. The summed E-state index contributed by atoms with van der Waals surface area (Å²) in [7, 11) is 0. The van der Waals surface area contributed by atoms with Gasteiger partial charge in [0.1, 0.15) is 0 Å². The van der Waals surface area contributed by atoms with Crippen LogP contribution in [0.3, 0.4) is 0 Å². The molecule has 0 atom stereocenters. The second-order valence-corrected chi connectivity index (χ2v) is 4.87. The summed E-state index contributed by atoms with van der Waals surface area (Å²) in [5.74, 6) is 0.555. The monoisotopic (exact) mass is 238 g/mol. The first kappa shape index (κ1) is 12.9. The van der Waals surface area contributed by atoms with Crippen LogP contribution in [0.5, 0.6) is 0 Å². The van der Waals surface area contributed by atoms with Gasteiger partial charge < -0.3 is 0 Å². The third-order valence-electron chi connectivity index (χ3n) is 3.50. The van der Waals surface area contributed by atoms with Gasteiger partial charge in [0.2, 0.25) is 0 Å². The van der Waals surface area contributed by atoms with Gasteiger partial charge in [0.15, 0.2) is 0 Å². The van der Waals surface area contributed by atoms with Gasteiger partial charge in [-0.15, -0.1) is 0 Å². The summed E-state index contributed by atoms with van der Waals surface area (Å²) in [5.41, 5.74) is 2.89. The van der Waals surface area contributed by atoms with Crippen LogP contribution in [0.1, 0.15) is 49.7 Å². The molecule has 0 bridgehead atoms. The molecule has 2 aromatic rings. The molecule has 0 heterocycles. The minimum atomic E-state index is 0.555. The maximum atomic E-state index is 2.26. The van der Waals surface area contributed by atoms with Gasteiger partial charge in [0.05, 0.1) is 0 Å².